The van der Waals surface area contributed by atoms with Crippen LogP contribution in [0.15, 0.2) is 66.4 Å². The first kappa shape index (κ1) is 14.4. The van der Waals surface area contributed by atoms with Crippen molar-refractivity contribution < 1.29 is 14.3 Å². The van der Waals surface area contributed by atoms with Crippen LogP contribution >= 0.6 is 0 Å². The Kier molecular flexibility index (Phi) is 3.96. The van der Waals surface area contributed by atoms with Gasteiger partial charge in [-0.1, -0.05) is 42.5 Å². The van der Waals surface area contributed by atoms with E-state index in [2.05, 4.69) is 0 Å². The molecular formula is C19H18O3. The van der Waals surface area contributed by atoms with Crippen LogP contribution in [0.4, 0.5) is 0 Å². The maximum absolute atomic E-state index is 12.4. The Hall–Kier alpha value is -2.55. The molecule has 112 valence electrons. The number of allylic oxidation sites excluding steroid dienone is 2. The molecule has 1 aliphatic rings. The summed E-state index contributed by atoms with van der Waals surface area (Å²) in [6, 6.07) is 17.6. The lowest BCUT2D eigenvalue weighted by atomic mass is 9.80. The van der Waals surface area contributed by atoms with E-state index in [4.69, 9.17) is 9.47 Å². The van der Waals surface area contributed by atoms with Crippen LogP contribution in [0.3, 0.4) is 0 Å². The average molecular weight is 294 g/mol. The van der Waals surface area contributed by atoms with Crippen molar-refractivity contribution in [2.24, 2.45) is 0 Å². The van der Waals surface area contributed by atoms with Crippen molar-refractivity contribution in [2.75, 3.05) is 7.11 Å². The molecule has 0 saturated heterocycles. The summed E-state index contributed by atoms with van der Waals surface area (Å²) in [5, 5.41) is 0. The monoisotopic (exact) mass is 294 g/mol. The van der Waals surface area contributed by atoms with E-state index in [1.165, 1.54) is 0 Å². The molecule has 0 aliphatic carbocycles. The summed E-state index contributed by atoms with van der Waals surface area (Å²) in [5.74, 6) is 0.900. The Balaban J connectivity index is 2.03. The van der Waals surface area contributed by atoms with Gasteiger partial charge in [0, 0.05) is 5.92 Å². The second kappa shape index (κ2) is 6.06. The standard InChI is InChI=1S/C19H18O3/c1-13-12-17(14-8-10-16(21-2)11-9-14)18(19(20)22-13)15-6-4-3-5-7-15/h3-12,17-18H,1-2H3. The fourth-order valence-electron chi connectivity index (χ4n) is 2.87. The van der Waals surface area contributed by atoms with Gasteiger partial charge in [-0.25, -0.2) is 0 Å². The van der Waals surface area contributed by atoms with Crippen LogP contribution in [0.1, 0.15) is 29.9 Å². The summed E-state index contributed by atoms with van der Waals surface area (Å²) in [7, 11) is 1.64. The Bertz CT molecular complexity index is 686. The molecule has 0 aromatic heterocycles. The Morgan fingerprint density at radius 2 is 1.64 bits per heavy atom. The normalized spacial score (nSPS) is 21.0. The third-order valence-corrected chi connectivity index (χ3v) is 3.95. The van der Waals surface area contributed by atoms with Crippen LogP contribution in [0, 0.1) is 0 Å². The fourth-order valence-corrected chi connectivity index (χ4v) is 2.87. The lowest BCUT2D eigenvalue weighted by molar-refractivity contribution is -0.142. The molecule has 0 amide bonds. The molecule has 2 atom stereocenters. The SMILES string of the molecule is COc1ccc(C2C=C(C)OC(=O)C2c2ccccc2)cc1. The molecule has 0 radical (unpaired) electrons. The first-order valence-electron chi connectivity index (χ1n) is 7.28. The molecule has 0 spiro atoms. The van der Waals surface area contributed by atoms with E-state index in [-0.39, 0.29) is 17.8 Å². The van der Waals surface area contributed by atoms with Gasteiger partial charge in [0.05, 0.1) is 13.0 Å². The van der Waals surface area contributed by atoms with E-state index in [0.717, 1.165) is 16.9 Å². The number of ether oxygens (including phenoxy) is 2. The van der Waals surface area contributed by atoms with Crippen LogP contribution in [-0.2, 0) is 9.53 Å². The van der Waals surface area contributed by atoms with Crippen molar-refractivity contribution in [3.8, 4) is 5.75 Å². The van der Waals surface area contributed by atoms with Crippen LogP contribution in [-0.4, -0.2) is 13.1 Å². The summed E-state index contributed by atoms with van der Waals surface area (Å²) in [6.07, 6.45) is 2.01. The van der Waals surface area contributed by atoms with E-state index in [1.807, 2.05) is 67.6 Å². The van der Waals surface area contributed by atoms with Crippen molar-refractivity contribution in [3.05, 3.63) is 77.6 Å². The van der Waals surface area contributed by atoms with Crippen molar-refractivity contribution >= 4 is 5.97 Å². The zero-order chi connectivity index (χ0) is 15.5. The summed E-state index contributed by atoms with van der Waals surface area (Å²) in [4.78, 5) is 12.4. The van der Waals surface area contributed by atoms with Gasteiger partial charge in [-0.05, 0) is 36.3 Å². The van der Waals surface area contributed by atoms with E-state index >= 15 is 0 Å². The van der Waals surface area contributed by atoms with E-state index in [1.54, 1.807) is 7.11 Å². The Morgan fingerprint density at radius 1 is 0.955 bits per heavy atom. The van der Waals surface area contributed by atoms with Gasteiger partial charge < -0.3 is 9.47 Å². The maximum atomic E-state index is 12.4. The third-order valence-electron chi connectivity index (χ3n) is 3.95. The molecule has 0 bridgehead atoms. The largest absolute Gasteiger partial charge is 0.497 e. The van der Waals surface area contributed by atoms with Gasteiger partial charge in [-0.3, -0.25) is 4.79 Å². The highest BCUT2D eigenvalue weighted by molar-refractivity contribution is 5.82. The minimum absolute atomic E-state index is 0.0328. The molecule has 0 saturated carbocycles. The molecule has 2 aromatic carbocycles. The van der Waals surface area contributed by atoms with Gasteiger partial charge in [0.15, 0.2) is 0 Å². The molecule has 22 heavy (non-hydrogen) atoms. The van der Waals surface area contributed by atoms with Gasteiger partial charge in [-0.15, -0.1) is 0 Å². The maximum Gasteiger partial charge on any atom is 0.319 e. The summed E-state index contributed by atoms with van der Waals surface area (Å²) in [6.45, 7) is 1.82. The predicted octanol–water partition coefficient (Wildman–Crippen LogP) is 4.02. The van der Waals surface area contributed by atoms with Gasteiger partial charge in [-0.2, -0.15) is 0 Å². The summed E-state index contributed by atoms with van der Waals surface area (Å²) in [5.41, 5.74) is 2.04. The Morgan fingerprint density at radius 3 is 2.27 bits per heavy atom. The molecule has 3 nitrogen and oxygen atoms in total. The second-order valence-electron chi connectivity index (χ2n) is 5.39. The van der Waals surface area contributed by atoms with Crippen LogP contribution < -0.4 is 4.74 Å². The smallest absolute Gasteiger partial charge is 0.319 e. The van der Waals surface area contributed by atoms with Gasteiger partial charge in [0.1, 0.15) is 11.5 Å². The molecular weight excluding hydrogens is 276 g/mol. The topological polar surface area (TPSA) is 35.5 Å². The van der Waals surface area contributed by atoms with Crippen molar-refractivity contribution in [1.29, 1.82) is 0 Å². The number of cyclic esters (lactones) is 1. The number of esters is 1. The van der Waals surface area contributed by atoms with Gasteiger partial charge >= 0.3 is 5.97 Å². The third kappa shape index (κ3) is 2.75. The second-order valence-corrected chi connectivity index (χ2v) is 5.39. The van der Waals surface area contributed by atoms with E-state index in [0.29, 0.717) is 5.76 Å². The number of carbonyl (C=O) groups excluding carboxylic acids is 1. The van der Waals surface area contributed by atoms with Crippen molar-refractivity contribution in [1.82, 2.24) is 0 Å². The fraction of sp³-hybridized carbons (Fsp3) is 0.211. The van der Waals surface area contributed by atoms with Gasteiger partial charge in [0.2, 0.25) is 0 Å². The lowest BCUT2D eigenvalue weighted by Gasteiger charge is -2.28. The number of carbonyl (C=O) groups is 1. The zero-order valence-corrected chi connectivity index (χ0v) is 12.7. The van der Waals surface area contributed by atoms with E-state index in [9.17, 15) is 4.79 Å². The first-order chi connectivity index (χ1) is 10.7. The van der Waals surface area contributed by atoms with Crippen LogP contribution in [0.25, 0.3) is 0 Å². The zero-order valence-electron chi connectivity index (χ0n) is 12.7. The summed E-state index contributed by atoms with van der Waals surface area (Å²) >= 11 is 0. The highest BCUT2D eigenvalue weighted by atomic mass is 16.5. The molecule has 1 heterocycles. The molecule has 1 aliphatic heterocycles. The minimum Gasteiger partial charge on any atom is -0.497 e. The first-order valence-corrected chi connectivity index (χ1v) is 7.28. The van der Waals surface area contributed by atoms with Crippen LogP contribution in [0.5, 0.6) is 5.75 Å². The molecule has 2 aromatic rings. The summed E-state index contributed by atoms with van der Waals surface area (Å²) < 4.78 is 10.6. The Labute approximate surface area is 130 Å². The molecule has 2 unspecified atom stereocenters. The molecule has 0 fully saturated rings. The highest BCUT2D eigenvalue weighted by Crippen LogP contribution is 2.39. The predicted molar refractivity (Wildman–Crippen MR) is 84.8 cm³/mol. The molecule has 3 heteroatoms. The number of hydrogen-bond donors (Lipinski definition) is 0. The van der Waals surface area contributed by atoms with Crippen molar-refractivity contribution in [2.45, 2.75) is 18.8 Å². The number of rotatable bonds is 3. The van der Waals surface area contributed by atoms with E-state index < -0.39 is 0 Å². The quantitative estimate of drug-likeness (QED) is 0.802. The number of benzene rings is 2. The molecule has 0 N–H and O–H groups in total. The highest BCUT2D eigenvalue weighted by Gasteiger charge is 2.35. The minimum atomic E-state index is -0.321. The van der Waals surface area contributed by atoms with Gasteiger partial charge in [0.25, 0.3) is 0 Å². The van der Waals surface area contributed by atoms with Crippen molar-refractivity contribution in [3.63, 3.8) is 0 Å². The number of hydrogen-bond acceptors (Lipinski definition) is 3. The lowest BCUT2D eigenvalue weighted by Crippen LogP contribution is -2.25. The van der Waals surface area contributed by atoms with Crippen LogP contribution in [0.2, 0.25) is 0 Å². The average Bonchev–Trinajstić information content (AvgIpc) is 2.55. The molecule has 3 rings (SSSR count). The number of methoxy groups -OCH3 is 1.